The van der Waals surface area contributed by atoms with Gasteiger partial charge in [0.25, 0.3) is 0 Å². The number of nitrogens with zero attached hydrogens (tertiary/aromatic N) is 1. The third kappa shape index (κ3) is 3.79. The maximum absolute atomic E-state index is 6.07. The van der Waals surface area contributed by atoms with Crippen molar-refractivity contribution in [3.8, 4) is 0 Å². The molecule has 4 atom stereocenters. The molecule has 1 heterocycles. The Kier molecular flexibility index (Phi) is 5.10. The number of fused-ring (bicyclic) bond motifs is 1. The molecule has 0 N–H and O–H groups in total. The van der Waals surface area contributed by atoms with E-state index in [1.54, 1.807) is 0 Å². The SMILES string of the molecule is C[C@@H]1C(C2=NC(C)(C)CO2)CC[C@H]2C([Si](C)(C)C)=[C]([Sn]([CH3])([CH3])[CH3])C[C@@H]12. The van der Waals surface area contributed by atoms with E-state index in [1.165, 1.54) is 19.3 Å². The molecule has 0 spiro atoms. The van der Waals surface area contributed by atoms with E-state index in [0.29, 0.717) is 11.8 Å². The van der Waals surface area contributed by atoms with Crippen LogP contribution in [0.15, 0.2) is 13.8 Å². The molecule has 1 unspecified atom stereocenters. The van der Waals surface area contributed by atoms with Gasteiger partial charge in [0.1, 0.15) is 0 Å². The van der Waals surface area contributed by atoms with Crippen LogP contribution in [-0.4, -0.2) is 44.5 Å². The van der Waals surface area contributed by atoms with Crippen LogP contribution in [0.3, 0.4) is 0 Å². The summed E-state index contributed by atoms with van der Waals surface area (Å²) in [6.07, 6.45) is 4.05. The van der Waals surface area contributed by atoms with Crippen molar-refractivity contribution >= 4 is 32.3 Å². The van der Waals surface area contributed by atoms with Gasteiger partial charge in [-0.05, 0) is 0 Å². The Morgan fingerprint density at radius 2 is 1.68 bits per heavy atom. The van der Waals surface area contributed by atoms with E-state index >= 15 is 0 Å². The molecular formula is C21H39NOSiSn. The number of hydrogen-bond acceptors (Lipinski definition) is 2. The fourth-order valence-electron chi connectivity index (χ4n) is 5.63. The average molecular weight is 468 g/mol. The van der Waals surface area contributed by atoms with E-state index in [1.807, 2.05) is 8.79 Å². The molecule has 3 aliphatic rings. The van der Waals surface area contributed by atoms with Crippen LogP contribution in [0.25, 0.3) is 0 Å². The predicted molar refractivity (Wildman–Crippen MR) is 115 cm³/mol. The van der Waals surface area contributed by atoms with Crippen LogP contribution in [0.5, 0.6) is 0 Å². The van der Waals surface area contributed by atoms with Gasteiger partial charge in [0.05, 0.1) is 0 Å². The monoisotopic (exact) mass is 469 g/mol. The first-order valence-corrected chi connectivity index (χ1v) is 23.8. The second-order valence-corrected chi connectivity index (χ2v) is 31.1. The first-order chi connectivity index (χ1) is 11.3. The van der Waals surface area contributed by atoms with Crippen molar-refractivity contribution < 1.29 is 4.74 Å². The summed E-state index contributed by atoms with van der Waals surface area (Å²) in [6.45, 7) is 15.4. The topological polar surface area (TPSA) is 21.6 Å². The molecule has 0 bridgehead atoms. The van der Waals surface area contributed by atoms with Gasteiger partial charge >= 0.3 is 161 Å². The predicted octanol–water partition coefficient (Wildman–Crippen LogP) is 5.93. The van der Waals surface area contributed by atoms with Gasteiger partial charge in [-0.25, -0.2) is 0 Å². The van der Waals surface area contributed by atoms with Crippen molar-refractivity contribution in [3.63, 3.8) is 0 Å². The number of allylic oxidation sites excluding steroid dienone is 2. The van der Waals surface area contributed by atoms with Gasteiger partial charge in [-0.15, -0.1) is 0 Å². The molecule has 0 saturated heterocycles. The zero-order valence-corrected chi connectivity index (χ0v) is 21.8. The molecule has 0 aromatic heterocycles. The quantitative estimate of drug-likeness (QED) is 0.471. The molecule has 0 aromatic carbocycles. The molecule has 0 aromatic rings. The molecule has 1 fully saturated rings. The normalized spacial score (nSPS) is 35.5. The van der Waals surface area contributed by atoms with E-state index in [-0.39, 0.29) is 5.54 Å². The molecule has 2 nitrogen and oxygen atoms in total. The zero-order valence-electron chi connectivity index (χ0n) is 18.0. The molecule has 0 radical (unpaired) electrons. The van der Waals surface area contributed by atoms with Gasteiger partial charge in [0.15, 0.2) is 0 Å². The molecule has 142 valence electrons. The van der Waals surface area contributed by atoms with Gasteiger partial charge in [-0.1, -0.05) is 0 Å². The zero-order chi connectivity index (χ0) is 18.8. The average Bonchev–Trinajstić information content (AvgIpc) is 2.99. The van der Waals surface area contributed by atoms with Gasteiger partial charge in [-0.3, -0.25) is 0 Å². The number of ether oxygens (including phenoxy) is 1. The van der Waals surface area contributed by atoms with E-state index in [2.05, 4.69) is 55.2 Å². The molecule has 0 amide bonds. The van der Waals surface area contributed by atoms with Gasteiger partial charge in [0.2, 0.25) is 0 Å². The van der Waals surface area contributed by atoms with Crippen LogP contribution >= 0.6 is 0 Å². The molecule has 1 saturated carbocycles. The standard InChI is InChI=1S/C18H30NOSi.3CH3.Sn/c1-12-13-9-10-16(21(4,5)6)15(13)8-7-14(12)17-19-18(2,3)11-20-17;;;;/h12-15H,7-9,11H2,1-6H3;3*1H3;/t12-,13-,14?,15+;;;;/m0..../s1. The van der Waals surface area contributed by atoms with Crippen molar-refractivity contribution in [1.82, 2.24) is 0 Å². The fraction of sp³-hybridized carbons (Fsp3) is 0.857. The third-order valence-electron chi connectivity index (χ3n) is 6.77. The number of aliphatic imine (C=N–C) groups is 1. The molecule has 25 heavy (non-hydrogen) atoms. The summed E-state index contributed by atoms with van der Waals surface area (Å²) in [5.74, 6) is 4.07. The number of rotatable bonds is 3. The fourth-order valence-corrected chi connectivity index (χ4v) is 19.1. The summed E-state index contributed by atoms with van der Waals surface area (Å²) in [5, 5.41) is 2.00. The van der Waals surface area contributed by atoms with Gasteiger partial charge in [-0.2, -0.15) is 0 Å². The van der Waals surface area contributed by atoms with Crippen LogP contribution in [0.4, 0.5) is 0 Å². The summed E-state index contributed by atoms with van der Waals surface area (Å²) in [4.78, 5) is 12.9. The Morgan fingerprint density at radius 1 is 1.08 bits per heavy atom. The summed E-state index contributed by atoms with van der Waals surface area (Å²) in [7, 11) is -1.24. The third-order valence-corrected chi connectivity index (χ3v) is 16.3. The molecule has 4 heteroatoms. The van der Waals surface area contributed by atoms with Crippen molar-refractivity contribution in [1.29, 1.82) is 0 Å². The molecule has 2 aliphatic carbocycles. The summed E-state index contributed by atoms with van der Waals surface area (Å²) in [6, 6.07) is 0. The Labute approximate surface area is 160 Å². The molecule has 1 aliphatic heterocycles. The van der Waals surface area contributed by atoms with E-state index in [4.69, 9.17) is 9.73 Å². The molecule has 3 rings (SSSR count). The summed E-state index contributed by atoms with van der Waals surface area (Å²) >= 11 is -2.03. The first kappa shape index (κ1) is 20.0. The Bertz CT molecular complexity index is 608. The van der Waals surface area contributed by atoms with Crippen LogP contribution in [0, 0.1) is 23.7 Å². The van der Waals surface area contributed by atoms with E-state index in [0.717, 1.165) is 24.3 Å². The Balaban J connectivity index is 1.90. The van der Waals surface area contributed by atoms with E-state index < -0.39 is 26.5 Å². The van der Waals surface area contributed by atoms with Crippen molar-refractivity contribution in [2.24, 2.45) is 28.7 Å². The second kappa shape index (κ2) is 6.39. The van der Waals surface area contributed by atoms with Crippen molar-refractivity contribution in [2.75, 3.05) is 6.61 Å². The minimum absolute atomic E-state index is 0.0175. The van der Waals surface area contributed by atoms with Crippen LogP contribution < -0.4 is 0 Å². The molecular weight excluding hydrogens is 429 g/mol. The second-order valence-electron chi connectivity index (χ2n) is 11.5. The van der Waals surface area contributed by atoms with Gasteiger partial charge < -0.3 is 0 Å². The summed E-state index contributed by atoms with van der Waals surface area (Å²) in [5.41, 5.74) is -0.0175. The summed E-state index contributed by atoms with van der Waals surface area (Å²) < 4.78 is 8.08. The van der Waals surface area contributed by atoms with Crippen LogP contribution in [0.1, 0.15) is 40.0 Å². The van der Waals surface area contributed by atoms with Crippen LogP contribution in [0.2, 0.25) is 34.5 Å². The first-order valence-electron chi connectivity index (χ1n) is 10.3. The van der Waals surface area contributed by atoms with Crippen molar-refractivity contribution in [2.45, 2.75) is 80.0 Å². The van der Waals surface area contributed by atoms with E-state index in [9.17, 15) is 0 Å². The Hall–Kier alpha value is 0.226. The van der Waals surface area contributed by atoms with Crippen LogP contribution in [-0.2, 0) is 4.74 Å². The van der Waals surface area contributed by atoms with Crippen molar-refractivity contribution in [3.05, 3.63) is 8.79 Å². The maximum atomic E-state index is 6.07. The van der Waals surface area contributed by atoms with Gasteiger partial charge in [0, 0.05) is 0 Å². The number of hydrogen-bond donors (Lipinski definition) is 0. The Morgan fingerprint density at radius 3 is 2.16 bits per heavy atom. The minimum atomic E-state index is -2.03.